The summed E-state index contributed by atoms with van der Waals surface area (Å²) in [6, 6.07) is 8.25. The van der Waals surface area contributed by atoms with Crippen LogP contribution in [0.4, 0.5) is 0 Å². The molecule has 1 aliphatic rings. The summed E-state index contributed by atoms with van der Waals surface area (Å²) in [5.74, 6) is 1.55. The minimum absolute atomic E-state index is 0.201. The maximum Gasteiger partial charge on any atom is 0.243 e. The molecule has 4 heteroatoms. The van der Waals surface area contributed by atoms with Crippen LogP contribution in [-0.4, -0.2) is 10.1 Å². The Hall–Kier alpha value is -1.68. The second kappa shape index (κ2) is 3.96. The van der Waals surface area contributed by atoms with E-state index in [1.54, 1.807) is 0 Å². The van der Waals surface area contributed by atoms with Crippen molar-refractivity contribution < 1.29 is 4.52 Å². The summed E-state index contributed by atoms with van der Waals surface area (Å²) >= 11 is 0. The van der Waals surface area contributed by atoms with E-state index >= 15 is 0 Å². The quantitative estimate of drug-likeness (QED) is 0.857. The molecule has 2 aromatic rings. The van der Waals surface area contributed by atoms with Gasteiger partial charge in [0.05, 0.1) is 6.04 Å². The minimum atomic E-state index is -0.201. The molecule has 17 heavy (non-hydrogen) atoms. The van der Waals surface area contributed by atoms with Crippen LogP contribution in [0.25, 0.3) is 0 Å². The maximum absolute atomic E-state index is 5.72. The van der Waals surface area contributed by atoms with E-state index in [0.717, 1.165) is 18.7 Å². The maximum atomic E-state index is 5.72. The lowest BCUT2D eigenvalue weighted by Crippen LogP contribution is -2.06. The molecule has 2 atom stereocenters. The van der Waals surface area contributed by atoms with Gasteiger partial charge in [0.2, 0.25) is 5.89 Å². The fourth-order valence-corrected chi connectivity index (χ4v) is 2.40. The molecule has 0 aliphatic heterocycles. The summed E-state index contributed by atoms with van der Waals surface area (Å²) in [5, 5.41) is 4.05. The van der Waals surface area contributed by atoms with E-state index < -0.39 is 0 Å². The lowest BCUT2D eigenvalue weighted by Gasteiger charge is -2.05. The summed E-state index contributed by atoms with van der Waals surface area (Å²) in [6.45, 7) is 1.85. The van der Waals surface area contributed by atoms with Crippen molar-refractivity contribution in [1.82, 2.24) is 10.1 Å². The molecule has 0 radical (unpaired) electrons. The van der Waals surface area contributed by atoms with Crippen LogP contribution < -0.4 is 5.73 Å². The van der Waals surface area contributed by atoms with Crippen LogP contribution in [0.1, 0.15) is 48.1 Å². The third-order valence-electron chi connectivity index (χ3n) is 3.29. The molecule has 0 saturated heterocycles. The van der Waals surface area contributed by atoms with E-state index in [9.17, 15) is 0 Å². The average molecular weight is 229 g/mol. The van der Waals surface area contributed by atoms with E-state index in [1.807, 2.05) is 6.92 Å². The lowest BCUT2D eigenvalue weighted by molar-refractivity contribution is 0.355. The zero-order valence-electron chi connectivity index (χ0n) is 9.76. The number of hydrogen-bond acceptors (Lipinski definition) is 4. The molecule has 0 bridgehead atoms. The number of aryl methyl sites for hydroxylation is 1. The summed E-state index contributed by atoms with van der Waals surface area (Å²) < 4.78 is 5.17. The van der Waals surface area contributed by atoms with E-state index in [2.05, 4.69) is 34.4 Å². The molecular weight excluding hydrogens is 214 g/mol. The van der Waals surface area contributed by atoms with Crippen molar-refractivity contribution in [3.63, 3.8) is 0 Å². The van der Waals surface area contributed by atoms with Gasteiger partial charge in [-0.2, -0.15) is 4.98 Å². The Kier molecular flexibility index (Phi) is 2.44. The van der Waals surface area contributed by atoms with Gasteiger partial charge in [-0.25, -0.2) is 0 Å². The van der Waals surface area contributed by atoms with Gasteiger partial charge in [-0.1, -0.05) is 29.4 Å². The van der Waals surface area contributed by atoms with Gasteiger partial charge in [-0.05, 0) is 30.9 Å². The van der Waals surface area contributed by atoms with Crippen molar-refractivity contribution in [2.24, 2.45) is 5.73 Å². The topological polar surface area (TPSA) is 64.9 Å². The van der Waals surface area contributed by atoms with Gasteiger partial charge in [0.15, 0.2) is 5.82 Å². The van der Waals surface area contributed by atoms with Gasteiger partial charge in [0, 0.05) is 5.92 Å². The van der Waals surface area contributed by atoms with Crippen LogP contribution in [0, 0.1) is 0 Å². The Balaban J connectivity index is 1.95. The number of benzene rings is 1. The molecule has 1 heterocycles. The van der Waals surface area contributed by atoms with Gasteiger partial charge >= 0.3 is 0 Å². The number of nitrogens with zero attached hydrogens (tertiary/aromatic N) is 2. The highest BCUT2D eigenvalue weighted by atomic mass is 16.5. The van der Waals surface area contributed by atoms with Gasteiger partial charge in [0.25, 0.3) is 0 Å². The van der Waals surface area contributed by atoms with Crippen molar-refractivity contribution in [1.29, 1.82) is 0 Å². The number of rotatable bonds is 2. The molecule has 0 spiro atoms. The molecule has 0 amide bonds. The van der Waals surface area contributed by atoms with Gasteiger partial charge in [-0.15, -0.1) is 0 Å². The van der Waals surface area contributed by atoms with Crippen LogP contribution in [0.5, 0.6) is 0 Å². The predicted molar refractivity (Wildman–Crippen MR) is 63.5 cm³/mol. The molecule has 0 fully saturated rings. The van der Waals surface area contributed by atoms with Crippen molar-refractivity contribution >= 4 is 0 Å². The summed E-state index contributed by atoms with van der Waals surface area (Å²) in [4.78, 5) is 4.39. The first-order valence-corrected chi connectivity index (χ1v) is 5.92. The molecule has 88 valence electrons. The molecule has 3 rings (SSSR count). The van der Waals surface area contributed by atoms with E-state index in [-0.39, 0.29) is 12.0 Å². The SMILES string of the molecule is C[C@H](N)c1nc(C2CCc3ccccc32)no1. The highest BCUT2D eigenvalue weighted by molar-refractivity contribution is 5.38. The van der Waals surface area contributed by atoms with Crippen LogP contribution in [0.15, 0.2) is 28.8 Å². The van der Waals surface area contributed by atoms with E-state index in [1.165, 1.54) is 11.1 Å². The van der Waals surface area contributed by atoms with Gasteiger partial charge in [0.1, 0.15) is 0 Å². The molecule has 1 unspecified atom stereocenters. The molecule has 2 N–H and O–H groups in total. The first-order chi connectivity index (χ1) is 8.25. The Morgan fingerprint density at radius 2 is 2.24 bits per heavy atom. The summed E-state index contributed by atoms with van der Waals surface area (Å²) in [6.07, 6.45) is 2.14. The zero-order chi connectivity index (χ0) is 11.8. The second-order valence-corrected chi connectivity index (χ2v) is 4.57. The fraction of sp³-hybridized carbons (Fsp3) is 0.385. The Morgan fingerprint density at radius 3 is 3.00 bits per heavy atom. The summed E-state index contributed by atoms with van der Waals surface area (Å²) in [5.41, 5.74) is 8.44. The van der Waals surface area contributed by atoms with Crippen LogP contribution >= 0.6 is 0 Å². The number of nitrogens with two attached hydrogens (primary N) is 1. The predicted octanol–water partition coefficient (Wildman–Crippen LogP) is 2.17. The number of hydrogen-bond donors (Lipinski definition) is 1. The van der Waals surface area contributed by atoms with E-state index in [4.69, 9.17) is 10.3 Å². The van der Waals surface area contributed by atoms with Crippen LogP contribution in [-0.2, 0) is 6.42 Å². The second-order valence-electron chi connectivity index (χ2n) is 4.57. The fourth-order valence-electron chi connectivity index (χ4n) is 2.40. The Morgan fingerprint density at radius 1 is 1.41 bits per heavy atom. The highest BCUT2D eigenvalue weighted by Gasteiger charge is 2.27. The molecule has 1 aliphatic carbocycles. The standard InChI is InChI=1S/C13H15N3O/c1-8(14)13-15-12(16-17-13)11-7-6-9-4-2-3-5-10(9)11/h2-5,8,11H,6-7,14H2,1H3/t8-,11?/m0/s1. The van der Waals surface area contributed by atoms with Crippen LogP contribution in [0.2, 0.25) is 0 Å². The third-order valence-corrected chi connectivity index (χ3v) is 3.29. The van der Waals surface area contributed by atoms with Gasteiger partial charge in [-0.3, -0.25) is 0 Å². The van der Waals surface area contributed by atoms with E-state index in [0.29, 0.717) is 5.89 Å². The first kappa shape index (κ1) is 10.5. The number of fused-ring (bicyclic) bond motifs is 1. The Labute approximate surface area is 99.8 Å². The molecule has 0 saturated carbocycles. The largest absolute Gasteiger partial charge is 0.338 e. The molecule has 1 aromatic carbocycles. The monoisotopic (exact) mass is 229 g/mol. The lowest BCUT2D eigenvalue weighted by atomic mass is 10.0. The van der Waals surface area contributed by atoms with Crippen LogP contribution in [0.3, 0.4) is 0 Å². The molecular formula is C13H15N3O. The highest BCUT2D eigenvalue weighted by Crippen LogP contribution is 2.36. The van der Waals surface area contributed by atoms with Gasteiger partial charge < -0.3 is 10.3 Å². The molecule has 1 aromatic heterocycles. The third kappa shape index (κ3) is 1.74. The smallest absolute Gasteiger partial charge is 0.243 e. The zero-order valence-corrected chi connectivity index (χ0v) is 9.76. The van der Waals surface area contributed by atoms with Crippen molar-refractivity contribution in [2.45, 2.75) is 31.7 Å². The summed E-state index contributed by atoms with van der Waals surface area (Å²) in [7, 11) is 0. The van der Waals surface area contributed by atoms with Crippen molar-refractivity contribution in [3.05, 3.63) is 47.1 Å². The first-order valence-electron chi connectivity index (χ1n) is 5.92. The minimum Gasteiger partial charge on any atom is -0.338 e. The molecule has 4 nitrogen and oxygen atoms in total. The normalized spacial score (nSPS) is 20.2. The number of aromatic nitrogens is 2. The Bertz CT molecular complexity index is 533. The van der Waals surface area contributed by atoms with Crippen molar-refractivity contribution in [3.8, 4) is 0 Å². The average Bonchev–Trinajstić information content (AvgIpc) is 2.95. The van der Waals surface area contributed by atoms with Crippen molar-refractivity contribution in [2.75, 3.05) is 0 Å².